The molecule has 1 saturated carbocycles. The lowest BCUT2D eigenvalue weighted by Crippen LogP contribution is -2.62. The fourth-order valence-corrected chi connectivity index (χ4v) is 4.66. The summed E-state index contributed by atoms with van der Waals surface area (Å²) in [7, 11) is 0. The number of hydrogen-bond acceptors (Lipinski definition) is 2. The first-order chi connectivity index (χ1) is 9.28. The Kier molecular flexibility index (Phi) is 4.48. The van der Waals surface area contributed by atoms with Gasteiger partial charge >= 0.3 is 0 Å². The van der Waals surface area contributed by atoms with Gasteiger partial charge in [0.1, 0.15) is 0 Å². The van der Waals surface area contributed by atoms with Gasteiger partial charge in [0.15, 0.2) is 0 Å². The van der Waals surface area contributed by atoms with Crippen molar-refractivity contribution in [2.45, 2.75) is 83.3 Å². The van der Waals surface area contributed by atoms with Gasteiger partial charge in [-0.1, -0.05) is 20.3 Å². The molecule has 2 atom stereocenters. The summed E-state index contributed by atoms with van der Waals surface area (Å²) in [4.78, 5) is 5.73. The van der Waals surface area contributed by atoms with Crippen LogP contribution in [0.5, 0.6) is 0 Å². The molecule has 2 saturated heterocycles. The standard InChI is InChI=1S/C17H32N2/c1-3-15-12-18-11-5-4-6-17(18)13-19(15)16-9-7-14(2)8-10-16/h14-17H,3-13H2,1-2H3. The highest BCUT2D eigenvalue weighted by molar-refractivity contribution is 4.94. The zero-order valence-electron chi connectivity index (χ0n) is 13.0. The second-order valence-corrected chi connectivity index (χ2v) is 7.32. The van der Waals surface area contributed by atoms with Crippen molar-refractivity contribution in [1.29, 1.82) is 0 Å². The average Bonchev–Trinajstić information content (AvgIpc) is 2.46. The van der Waals surface area contributed by atoms with Crippen LogP contribution in [0.4, 0.5) is 0 Å². The maximum atomic E-state index is 2.93. The van der Waals surface area contributed by atoms with E-state index in [1.54, 1.807) is 0 Å². The van der Waals surface area contributed by atoms with E-state index in [-0.39, 0.29) is 0 Å². The summed E-state index contributed by atoms with van der Waals surface area (Å²) >= 11 is 0. The highest BCUT2D eigenvalue weighted by atomic mass is 15.3. The van der Waals surface area contributed by atoms with Crippen molar-refractivity contribution in [3.8, 4) is 0 Å². The van der Waals surface area contributed by atoms with Gasteiger partial charge in [0.05, 0.1) is 0 Å². The van der Waals surface area contributed by atoms with E-state index in [0.29, 0.717) is 0 Å². The molecule has 0 aromatic heterocycles. The third kappa shape index (κ3) is 3.00. The Hall–Kier alpha value is -0.0800. The third-order valence-electron chi connectivity index (χ3n) is 6.01. The van der Waals surface area contributed by atoms with Crippen LogP contribution in [0.15, 0.2) is 0 Å². The molecule has 2 heteroatoms. The largest absolute Gasteiger partial charge is 0.298 e. The normalized spacial score (nSPS) is 42.0. The summed E-state index contributed by atoms with van der Waals surface area (Å²) in [6.07, 6.45) is 11.6. The molecular weight excluding hydrogens is 232 g/mol. The minimum Gasteiger partial charge on any atom is -0.298 e. The highest BCUT2D eigenvalue weighted by Gasteiger charge is 2.37. The first-order valence-corrected chi connectivity index (χ1v) is 8.77. The smallest absolute Gasteiger partial charge is 0.0224 e. The fraction of sp³-hybridized carbons (Fsp3) is 1.00. The van der Waals surface area contributed by atoms with Crippen molar-refractivity contribution in [3.63, 3.8) is 0 Å². The maximum Gasteiger partial charge on any atom is 0.0224 e. The van der Waals surface area contributed by atoms with Crippen molar-refractivity contribution in [2.75, 3.05) is 19.6 Å². The SMILES string of the molecule is CCC1CN2CCCCC2CN1C1CCC(C)CC1. The molecule has 3 aliphatic rings. The molecule has 3 fully saturated rings. The lowest BCUT2D eigenvalue weighted by Gasteiger charge is -2.52. The van der Waals surface area contributed by atoms with Gasteiger partial charge in [-0.2, -0.15) is 0 Å². The predicted octanol–water partition coefficient (Wildman–Crippen LogP) is 3.51. The number of nitrogens with zero attached hydrogens (tertiary/aromatic N) is 2. The first-order valence-electron chi connectivity index (χ1n) is 8.77. The highest BCUT2D eigenvalue weighted by Crippen LogP contribution is 2.33. The average molecular weight is 264 g/mol. The van der Waals surface area contributed by atoms with Crippen LogP contribution in [0.1, 0.15) is 65.2 Å². The molecule has 2 nitrogen and oxygen atoms in total. The van der Waals surface area contributed by atoms with E-state index in [2.05, 4.69) is 23.6 Å². The zero-order chi connectivity index (χ0) is 13.2. The van der Waals surface area contributed by atoms with Gasteiger partial charge in [0.25, 0.3) is 0 Å². The van der Waals surface area contributed by atoms with E-state index in [9.17, 15) is 0 Å². The molecule has 0 aromatic rings. The predicted molar refractivity (Wildman–Crippen MR) is 81.4 cm³/mol. The van der Waals surface area contributed by atoms with Crippen molar-refractivity contribution >= 4 is 0 Å². The van der Waals surface area contributed by atoms with Crippen LogP contribution in [0.25, 0.3) is 0 Å². The Morgan fingerprint density at radius 1 is 0.895 bits per heavy atom. The molecule has 0 N–H and O–H groups in total. The molecule has 0 spiro atoms. The first kappa shape index (κ1) is 13.9. The van der Waals surface area contributed by atoms with Crippen molar-refractivity contribution in [3.05, 3.63) is 0 Å². The molecule has 3 rings (SSSR count). The zero-order valence-corrected chi connectivity index (χ0v) is 13.0. The molecule has 2 unspecified atom stereocenters. The van der Waals surface area contributed by atoms with Gasteiger partial charge in [0.2, 0.25) is 0 Å². The minimum atomic E-state index is 0.841. The lowest BCUT2D eigenvalue weighted by atomic mass is 9.84. The van der Waals surface area contributed by atoms with Gasteiger partial charge in [0, 0.05) is 31.2 Å². The van der Waals surface area contributed by atoms with E-state index >= 15 is 0 Å². The summed E-state index contributed by atoms with van der Waals surface area (Å²) < 4.78 is 0. The number of piperidine rings is 1. The molecule has 0 aromatic carbocycles. The molecule has 0 radical (unpaired) electrons. The van der Waals surface area contributed by atoms with E-state index in [1.807, 2.05) is 0 Å². The van der Waals surface area contributed by atoms with Crippen molar-refractivity contribution in [2.24, 2.45) is 5.92 Å². The third-order valence-corrected chi connectivity index (χ3v) is 6.01. The van der Waals surface area contributed by atoms with Crippen molar-refractivity contribution < 1.29 is 0 Å². The second-order valence-electron chi connectivity index (χ2n) is 7.32. The molecule has 19 heavy (non-hydrogen) atoms. The van der Waals surface area contributed by atoms with Gasteiger partial charge in [-0.05, 0) is 57.4 Å². The Morgan fingerprint density at radius 3 is 2.42 bits per heavy atom. The van der Waals surface area contributed by atoms with Gasteiger partial charge in [-0.3, -0.25) is 9.80 Å². The molecule has 0 bridgehead atoms. The van der Waals surface area contributed by atoms with Crippen LogP contribution < -0.4 is 0 Å². The fourth-order valence-electron chi connectivity index (χ4n) is 4.66. The molecule has 1 aliphatic carbocycles. The van der Waals surface area contributed by atoms with Gasteiger partial charge < -0.3 is 0 Å². The minimum absolute atomic E-state index is 0.841. The lowest BCUT2D eigenvalue weighted by molar-refractivity contribution is -0.0259. The molecule has 2 aliphatic heterocycles. The van der Waals surface area contributed by atoms with E-state index in [1.165, 1.54) is 71.0 Å². The molecule has 0 amide bonds. The number of hydrogen-bond donors (Lipinski definition) is 0. The summed E-state index contributed by atoms with van der Waals surface area (Å²) in [6, 6.07) is 2.63. The van der Waals surface area contributed by atoms with E-state index in [0.717, 1.165) is 24.0 Å². The topological polar surface area (TPSA) is 6.48 Å². The van der Waals surface area contributed by atoms with Crippen LogP contribution in [-0.2, 0) is 0 Å². The van der Waals surface area contributed by atoms with Crippen molar-refractivity contribution in [1.82, 2.24) is 9.80 Å². The van der Waals surface area contributed by atoms with Crippen LogP contribution in [0.2, 0.25) is 0 Å². The Bertz CT molecular complexity index is 281. The number of rotatable bonds is 2. The van der Waals surface area contributed by atoms with Crippen LogP contribution >= 0.6 is 0 Å². The summed E-state index contributed by atoms with van der Waals surface area (Å²) in [5, 5.41) is 0. The summed E-state index contributed by atoms with van der Waals surface area (Å²) in [5.41, 5.74) is 0. The van der Waals surface area contributed by atoms with E-state index < -0.39 is 0 Å². The van der Waals surface area contributed by atoms with E-state index in [4.69, 9.17) is 0 Å². The Labute approximate surface area is 119 Å². The summed E-state index contributed by atoms with van der Waals surface area (Å²) in [5.74, 6) is 0.979. The van der Waals surface area contributed by atoms with Gasteiger partial charge in [-0.25, -0.2) is 0 Å². The molecule has 110 valence electrons. The maximum absolute atomic E-state index is 2.93. The van der Waals surface area contributed by atoms with Crippen LogP contribution in [-0.4, -0.2) is 47.6 Å². The Morgan fingerprint density at radius 2 is 1.68 bits per heavy atom. The van der Waals surface area contributed by atoms with Crippen LogP contribution in [0, 0.1) is 5.92 Å². The number of piperazine rings is 1. The van der Waals surface area contributed by atoms with Crippen LogP contribution in [0.3, 0.4) is 0 Å². The van der Waals surface area contributed by atoms with Gasteiger partial charge in [-0.15, -0.1) is 0 Å². The quantitative estimate of drug-likeness (QED) is 0.753. The molecular formula is C17H32N2. The monoisotopic (exact) mass is 264 g/mol. The Balaban J connectivity index is 1.65. The molecule has 2 heterocycles. The summed E-state index contributed by atoms with van der Waals surface area (Å²) in [6.45, 7) is 8.93. The number of fused-ring (bicyclic) bond motifs is 1. The second kappa shape index (κ2) is 6.13.